The first-order valence-electron chi connectivity index (χ1n) is 6.29. The van der Waals surface area contributed by atoms with E-state index < -0.39 is 17.9 Å². The second kappa shape index (κ2) is 8.50. The third-order valence-electron chi connectivity index (χ3n) is 2.62. The fourth-order valence-electron chi connectivity index (χ4n) is 1.61. The van der Waals surface area contributed by atoms with Gasteiger partial charge in [-0.1, -0.05) is 0 Å². The van der Waals surface area contributed by atoms with E-state index in [1.165, 1.54) is 6.08 Å². The maximum Gasteiger partial charge on any atom is 0.326 e. The Morgan fingerprint density at radius 3 is 2.80 bits per heavy atom. The number of carboxylic acids is 1. The molecule has 1 aromatic heterocycles. The number of methoxy groups -OCH3 is 1. The number of carboxylic acid groups (broad SMARTS) is 1. The molecular weight excluding hydrogens is 278 g/mol. The molecule has 1 atom stereocenters. The van der Waals surface area contributed by atoms with Gasteiger partial charge in [0.25, 0.3) is 0 Å². The van der Waals surface area contributed by atoms with Gasteiger partial charge in [0.15, 0.2) is 0 Å². The predicted molar refractivity (Wildman–Crippen MR) is 78.8 cm³/mol. The molecular formula is C14H19NO4S. The Hall–Kier alpha value is -1.66. The largest absolute Gasteiger partial charge is 0.480 e. The molecule has 6 heteroatoms. The molecule has 1 aromatic rings. The topological polar surface area (TPSA) is 75.6 Å². The lowest BCUT2D eigenvalue weighted by Crippen LogP contribution is -2.40. The lowest BCUT2D eigenvalue weighted by Gasteiger charge is -2.12. The van der Waals surface area contributed by atoms with E-state index in [4.69, 9.17) is 9.84 Å². The molecule has 0 saturated carbocycles. The summed E-state index contributed by atoms with van der Waals surface area (Å²) in [5, 5.41) is 11.5. The molecule has 20 heavy (non-hydrogen) atoms. The summed E-state index contributed by atoms with van der Waals surface area (Å²) >= 11 is 1.57. The van der Waals surface area contributed by atoms with Gasteiger partial charge in [-0.25, -0.2) is 4.79 Å². The van der Waals surface area contributed by atoms with Gasteiger partial charge in [-0.3, -0.25) is 4.79 Å². The summed E-state index contributed by atoms with van der Waals surface area (Å²) in [5.41, 5.74) is 0. The zero-order valence-corrected chi connectivity index (χ0v) is 12.4. The molecule has 1 amide bonds. The van der Waals surface area contributed by atoms with E-state index in [1.807, 2.05) is 19.1 Å². The number of aryl methyl sites for hydroxylation is 1. The lowest BCUT2D eigenvalue weighted by molar-refractivity contribution is -0.141. The molecule has 5 nitrogen and oxygen atoms in total. The van der Waals surface area contributed by atoms with E-state index in [9.17, 15) is 9.59 Å². The number of carbonyl (C=O) groups excluding carboxylic acids is 1. The third kappa shape index (κ3) is 5.99. The van der Waals surface area contributed by atoms with E-state index >= 15 is 0 Å². The fraction of sp³-hybridized carbons (Fsp3) is 0.429. The molecule has 1 unspecified atom stereocenters. The maximum absolute atomic E-state index is 11.7. The quantitative estimate of drug-likeness (QED) is 0.569. The van der Waals surface area contributed by atoms with Gasteiger partial charge in [-0.15, -0.1) is 11.3 Å². The number of rotatable bonds is 8. The monoisotopic (exact) mass is 297 g/mol. The van der Waals surface area contributed by atoms with Crippen LogP contribution in [-0.4, -0.2) is 36.7 Å². The first-order chi connectivity index (χ1) is 9.52. The molecule has 110 valence electrons. The van der Waals surface area contributed by atoms with Gasteiger partial charge < -0.3 is 15.2 Å². The molecule has 0 aromatic carbocycles. The summed E-state index contributed by atoms with van der Waals surface area (Å²) < 4.78 is 4.87. The minimum Gasteiger partial charge on any atom is -0.480 e. The average Bonchev–Trinajstić information content (AvgIpc) is 2.81. The first kappa shape index (κ1) is 16.4. The zero-order valence-electron chi connectivity index (χ0n) is 11.6. The van der Waals surface area contributed by atoms with Crippen LogP contribution in [0.15, 0.2) is 18.2 Å². The van der Waals surface area contributed by atoms with Crippen LogP contribution in [0, 0.1) is 6.92 Å². The number of hydrogen-bond acceptors (Lipinski definition) is 4. The molecule has 1 rings (SSSR count). The Morgan fingerprint density at radius 1 is 1.50 bits per heavy atom. The SMILES string of the molecule is COCCCC(NC(=O)/C=C/c1ccc(C)s1)C(=O)O. The highest BCUT2D eigenvalue weighted by molar-refractivity contribution is 7.12. The Bertz CT molecular complexity index is 481. The molecule has 0 radical (unpaired) electrons. The van der Waals surface area contributed by atoms with Gasteiger partial charge in [-0.05, 0) is 38.0 Å². The lowest BCUT2D eigenvalue weighted by atomic mass is 10.1. The number of aliphatic carboxylic acids is 1. The minimum atomic E-state index is -1.03. The molecule has 2 N–H and O–H groups in total. The third-order valence-corrected chi connectivity index (χ3v) is 3.58. The second-order valence-corrected chi connectivity index (χ2v) is 5.64. The van der Waals surface area contributed by atoms with Crippen molar-refractivity contribution in [2.24, 2.45) is 0 Å². The molecule has 0 bridgehead atoms. The van der Waals surface area contributed by atoms with Gasteiger partial charge in [0.05, 0.1) is 0 Å². The minimum absolute atomic E-state index is 0.348. The summed E-state index contributed by atoms with van der Waals surface area (Å²) in [6.07, 6.45) is 3.97. The number of amides is 1. The van der Waals surface area contributed by atoms with Crippen LogP contribution < -0.4 is 5.32 Å². The average molecular weight is 297 g/mol. The summed E-state index contributed by atoms with van der Waals surface area (Å²) in [4.78, 5) is 24.8. The highest BCUT2D eigenvalue weighted by Crippen LogP contribution is 2.16. The highest BCUT2D eigenvalue weighted by atomic mass is 32.1. The van der Waals surface area contributed by atoms with Gasteiger partial charge in [0, 0.05) is 29.5 Å². The highest BCUT2D eigenvalue weighted by Gasteiger charge is 2.18. The molecule has 1 heterocycles. The van der Waals surface area contributed by atoms with Crippen LogP contribution in [0.5, 0.6) is 0 Å². The van der Waals surface area contributed by atoms with E-state index in [2.05, 4.69) is 5.32 Å². The van der Waals surface area contributed by atoms with Crippen LogP contribution in [0.2, 0.25) is 0 Å². The van der Waals surface area contributed by atoms with Gasteiger partial charge in [-0.2, -0.15) is 0 Å². The maximum atomic E-state index is 11.7. The van der Waals surface area contributed by atoms with Crippen LogP contribution in [-0.2, 0) is 14.3 Å². The Balaban J connectivity index is 2.49. The van der Waals surface area contributed by atoms with E-state index in [0.717, 1.165) is 9.75 Å². The smallest absolute Gasteiger partial charge is 0.326 e. The zero-order chi connectivity index (χ0) is 15.0. The Morgan fingerprint density at radius 2 is 2.25 bits per heavy atom. The predicted octanol–water partition coefficient (Wildman–Crippen LogP) is 2.07. The molecule has 0 fully saturated rings. The second-order valence-electron chi connectivity index (χ2n) is 4.32. The van der Waals surface area contributed by atoms with Crippen molar-refractivity contribution < 1.29 is 19.4 Å². The van der Waals surface area contributed by atoms with Crippen molar-refractivity contribution >= 4 is 29.3 Å². The molecule has 0 saturated heterocycles. The normalized spacial score (nSPS) is 12.5. The standard InChI is InChI=1S/C14H19NO4S/c1-10-5-6-11(20-10)7-8-13(16)15-12(14(17)18)4-3-9-19-2/h5-8,12H,3-4,9H2,1-2H3,(H,15,16)(H,17,18)/b8-7+. The first-order valence-corrected chi connectivity index (χ1v) is 7.11. The molecule has 0 aliphatic carbocycles. The van der Waals surface area contributed by atoms with Gasteiger partial charge in [0.2, 0.25) is 5.91 Å². The number of thiophene rings is 1. The van der Waals surface area contributed by atoms with Gasteiger partial charge in [0.1, 0.15) is 6.04 Å². The van der Waals surface area contributed by atoms with Crippen molar-refractivity contribution in [2.75, 3.05) is 13.7 Å². The van der Waals surface area contributed by atoms with E-state index in [1.54, 1.807) is 24.5 Å². The van der Waals surface area contributed by atoms with E-state index in [-0.39, 0.29) is 0 Å². The van der Waals surface area contributed by atoms with Crippen LogP contribution in [0.1, 0.15) is 22.6 Å². The summed E-state index contributed by atoms with van der Waals surface area (Å²) in [5.74, 6) is -1.43. The van der Waals surface area contributed by atoms with Crippen molar-refractivity contribution in [1.29, 1.82) is 0 Å². The summed E-state index contributed by atoms with van der Waals surface area (Å²) in [7, 11) is 1.56. The van der Waals surface area contributed by atoms with Crippen molar-refractivity contribution in [3.63, 3.8) is 0 Å². The molecule has 0 spiro atoms. The van der Waals surface area contributed by atoms with Gasteiger partial charge >= 0.3 is 5.97 Å². The van der Waals surface area contributed by atoms with Crippen molar-refractivity contribution in [3.8, 4) is 0 Å². The van der Waals surface area contributed by atoms with Crippen LogP contribution >= 0.6 is 11.3 Å². The Labute approximate surface area is 122 Å². The van der Waals surface area contributed by atoms with Crippen molar-refractivity contribution in [1.82, 2.24) is 5.32 Å². The van der Waals surface area contributed by atoms with Crippen molar-refractivity contribution in [2.45, 2.75) is 25.8 Å². The molecule has 0 aliphatic rings. The molecule has 0 aliphatic heterocycles. The Kier molecular flexibility index (Phi) is 6.97. The summed E-state index contributed by atoms with van der Waals surface area (Å²) in [6, 6.07) is 3.00. The number of carbonyl (C=O) groups is 2. The summed E-state index contributed by atoms with van der Waals surface area (Å²) in [6.45, 7) is 2.46. The van der Waals surface area contributed by atoms with Crippen LogP contribution in [0.3, 0.4) is 0 Å². The van der Waals surface area contributed by atoms with Crippen molar-refractivity contribution in [3.05, 3.63) is 28.0 Å². The van der Waals surface area contributed by atoms with Crippen LogP contribution in [0.4, 0.5) is 0 Å². The number of nitrogens with one attached hydrogen (secondary N) is 1. The fourth-order valence-corrected chi connectivity index (χ4v) is 2.39. The number of ether oxygens (including phenoxy) is 1. The number of hydrogen-bond donors (Lipinski definition) is 2. The van der Waals surface area contributed by atoms with E-state index in [0.29, 0.717) is 19.4 Å². The van der Waals surface area contributed by atoms with Crippen LogP contribution in [0.25, 0.3) is 6.08 Å².